The lowest BCUT2D eigenvalue weighted by molar-refractivity contribution is -0.389. The molecule has 0 aliphatic carbocycles. The number of rotatable bonds is 3. The van der Waals surface area contributed by atoms with Gasteiger partial charge in [-0.15, -0.1) is 0 Å². The summed E-state index contributed by atoms with van der Waals surface area (Å²) in [5, 5.41) is 18.9. The summed E-state index contributed by atoms with van der Waals surface area (Å²) in [6.07, 6.45) is -3.25. The Bertz CT molecular complexity index is 473. The van der Waals surface area contributed by atoms with Crippen LogP contribution >= 0.6 is 15.9 Å². The highest BCUT2D eigenvalue weighted by Gasteiger charge is 2.26. The van der Waals surface area contributed by atoms with Crippen molar-refractivity contribution in [3.05, 3.63) is 31.9 Å². The highest BCUT2D eigenvalue weighted by Crippen LogP contribution is 2.30. The highest BCUT2D eigenvalue weighted by molar-refractivity contribution is 9.10. The van der Waals surface area contributed by atoms with Gasteiger partial charge in [0, 0.05) is 10.0 Å². The number of hydrogen-bond acceptors (Lipinski definition) is 4. The number of aromatic nitrogens is 1. The van der Waals surface area contributed by atoms with E-state index in [4.69, 9.17) is 5.26 Å². The lowest BCUT2D eigenvalue weighted by atomic mass is 10.1. The van der Waals surface area contributed by atoms with E-state index >= 15 is 0 Å². The number of nitriles is 1. The van der Waals surface area contributed by atoms with Gasteiger partial charge in [0.15, 0.2) is 0 Å². The van der Waals surface area contributed by atoms with Gasteiger partial charge in [0.25, 0.3) is 0 Å². The maximum atomic E-state index is 12.6. The number of nitro groups is 1. The smallest absolute Gasteiger partial charge is 0.358 e. The Balaban J connectivity index is 3.40. The minimum absolute atomic E-state index is 0.0249. The van der Waals surface area contributed by atoms with Crippen LogP contribution in [0.25, 0.3) is 0 Å². The average Bonchev–Trinajstić information content (AvgIpc) is 2.20. The van der Waals surface area contributed by atoms with Gasteiger partial charge in [0.2, 0.25) is 5.69 Å². The van der Waals surface area contributed by atoms with E-state index in [0.717, 1.165) is 6.07 Å². The molecule has 0 N–H and O–H groups in total. The normalized spacial score (nSPS) is 10.2. The van der Waals surface area contributed by atoms with Crippen LogP contribution in [0.2, 0.25) is 0 Å². The van der Waals surface area contributed by atoms with E-state index in [2.05, 4.69) is 20.9 Å². The Labute approximate surface area is 97.0 Å². The van der Waals surface area contributed by atoms with Crippen molar-refractivity contribution in [3.8, 4) is 6.07 Å². The lowest BCUT2D eigenvalue weighted by Gasteiger charge is -2.03. The SMILES string of the molecule is N#CCc1c(Br)cc([N+](=O)[O-])nc1C(F)F. The molecule has 84 valence electrons. The maximum absolute atomic E-state index is 12.6. The van der Waals surface area contributed by atoms with E-state index in [1.165, 1.54) is 0 Å². The molecule has 16 heavy (non-hydrogen) atoms. The Morgan fingerprint density at radius 1 is 1.69 bits per heavy atom. The van der Waals surface area contributed by atoms with Crippen LogP contribution in [0.5, 0.6) is 0 Å². The first-order valence-corrected chi connectivity index (χ1v) is 4.75. The van der Waals surface area contributed by atoms with E-state index in [9.17, 15) is 18.9 Å². The molecule has 0 fully saturated rings. The van der Waals surface area contributed by atoms with Crippen LogP contribution in [-0.2, 0) is 6.42 Å². The predicted octanol–water partition coefficient (Wildman–Crippen LogP) is 2.76. The molecular formula is C8H4BrF2N3O2. The third kappa shape index (κ3) is 2.49. The fraction of sp³-hybridized carbons (Fsp3) is 0.250. The summed E-state index contributed by atoms with van der Waals surface area (Å²) >= 11 is 2.91. The van der Waals surface area contributed by atoms with E-state index in [0.29, 0.717) is 0 Å². The van der Waals surface area contributed by atoms with Crippen molar-refractivity contribution in [2.45, 2.75) is 12.8 Å². The second-order valence-corrected chi connectivity index (χ2v) is 3.57. The Kier molecular flexibility index (Phi) is 3.84. The van der Waals surface area contributed by atoms with E-state index in [1.54, 1.807) is 6.07 Å². The van der Waals surface area contributed by atoms with Crippen molar-refractivity contribution in [2.75, 3.05) is 0 Å². The number of hydrogen-bond donors (Lipinski definition) is 0. The molecule has 0 radical (unpaired) electrons. The molecule has 0 saturated carbocycles. The zero-order valence-electron chi connectivity index (χ0n) is 7.65. The van der Waals surface area contributed by atoms with Crippen molar-refractivity contribution >= 4 is 21.7 Å². The van der Waals surface area contributed by atoms with Gasteiger partial charge in [0.1, 0.15) is 0 Å². The van der Waals surface area contributed by atoms with Crippen LogP contribution in [-0.4, -0.2) is 9.91 Å². The van der Waals surface area contributed by atoms with Gasteiger partial charge < -0.3 is 10.1 Å². The van der Waals surface area contributed by atoms with Gasteiger partial charge in [0.05, 0.1) is 18.6 Å². The number of pyridine rings is 1. The molecular weight excluding hydrogens is 288 g/mol. The van der Waals surface area contributed by atoms with Gasteiger partial charge >= 0.3 is 12.2 Å². The van der Waals surface area contributed by atoms with Crippen LogP contribution < -0.4 is 0 Å². The molecule has 8 heteroatoms. The monoisotopic (exact) mass is 291 g/mol. The minimum atomic E-state index is -2.96. The summed E-state index contributed by atoms with van der Waals surface area (Å²) in [6.45, 7) is 0. The number of nitrogens with zero attached hydrogens (tertiary/aromatic N) is 3. The Hall–Kier alpha value is -1.62. The second kappa shape index (κ2) is 4.94. The zero-order chi connectivity index (χ0) is 12.3. The summed E-state index contributed by atoms with van der Waals surface area (Å²) in [6, 6.07) is 2.69. The summed E-state index contributed by atoms with van der Waals surface area (Å²) in [4.78, 5) is 12.8. The van der Waals surface area contributed by atoms with Gasteiger partial charge in [-0.3, -0.25) is 0 Å². The van der Waals surface area contributed by atoms with E-state index in [-0.39, 0.29) is 16.5 Å². The topological polar surface area (TPSA) is 79.8 Å². The fourth-order valence-corrected chi connectivity index (χ4v) is 1.62. The van der Waals surface area contributed by atoms with Crippen molar-refractivity contribution in [3.63, 3.8) is 0 Å². The summed E-state index contributed by atoms with van der Waals surface area (Å²) < 4.78 is 25.2. The molecule has 0 aliphatic rings. The van der Waals surface area contributed by atoms with E-state index < -0.39 is 22.9 Å². The van der Waals surface area contributed by atoms with Crippen LogP contribution in [0.15, 0.2) is 10.5 Å². The van der Waals surface area contributed by atoms with E-state index in [1.807, 2.05) is 0 Å². The first kappa shape index (κ1) is 12.4. The summed E-state index contributed by atoms with van der Waals surface area (Å²) in [5.74, 6) is -0.677. The molecule has 0 aromatic carbocycles. The highest BCUT2D eigenvalue weighted by atomic mass is 79.9. The molecule has 0 atom stereocenters. The van der Waals surface area contributed by atoms with Crippen LogP contribution in [0.1, 0.15) is 17.7 Å². The van der Waals surface area contributed by atoms with Gasteiger partial charge in [-0.2, -0.15) is 5.26 Å². The van der Waals surface area contributed by atoms with Crippen molar-refractivity contribution < 1.29 is 13.7 Å². The van der Waals surface area contributed by atoms with Gasteiger partial charge in [-0.05, 0) is 9.91 Å². The molecule has 0 amide bonds. The molecule has 0 bridgehead atoms. The first-order valence-electron chi connectivity index (χ1n) is 3.96. The van der Waals surface area contributed by atoms with Crippen LogP contribution in [0.4, 0.5) is 14.6 Å². The third-order valence-corrected chi connectivity index (χ3v) is 2.45. The molecule has 0 aliphatic heterocycles. The van der Waals surface area contributed by atoms with Crippen molar-refractivity contribution in [1.82, 2.24) is 4.98 Å². The largest absolute Gasteiger partial charge is 0.365 e. The summed E-state index contributed by atoms with van der Waals surface area (Å²) in [5.41, 5.74) is -0.759. The third-order valence-electron chi connectivity index (χ3n) is 1.74. The fourth-order valence-electron chi connectivity index (χ4n) is 1.07. The standard InChI is InChI=1S/C8H4BrF2N3O2/c9-5-3-6(14(15)16)13-7(8(10)11)4(5)1-2-12/h3,8H,1H2. The zero-order valence-corrected chi connectivity index (χ0v) is 9.24. The second-order valence-electron chi connectivity index (χ2n) is 2.72. The first-order chi connectivity index (χ1) is 7.47. The number of halogens is 3. The molecule has 1 aromatic rings. The molecule has 0 spiro atoms. The molecule has 0 unspecified atom stereocenters. The van der Waals surface area contributed by atoms with Gasteiger partial charge in [-0.1, -0.05) is 15.9 Å². The number of alkyl halides is 2. The average molecular weight is 292 g/mol. The quantitative estimate of drug-likeness (QED) is 0.633. The lowest BCUT2D eigenvalue weighted by Crippen LogP contribution is -2.03. The van der Waals surface area contributed by atoms with Crippen LogP contribution in [0.3, 0.4) is 0 Å². The minimum Gasteiger partial charge on any atom is -0.358 e. The Morgan fingerprint density at radius 2 is 2.31 bits per heavy atom. The van der Waals surface area contributed by atoms with Gasteiger partial charge in [-0.25, -0.2) is 8.78 Å². The Morgan fingerprint density at radius 3 is 2.75 bits per heavy atom. The van der Waals surface area contributed by atoms with Crippen molar-refractivity contribution in [2.24, 2.45) is 0 Å². The molecule has 0 saturated heterocycles. The molecule has 1 aromatic heterocycles. The maximum Gasteiger partial charge on any atom is 0.365 e. The molecule has 1 heterocycles. The predicted molar refractivity (Wildman–Crippen MR) is 52.9 cm³/mol. The van der Waals surface area contributed by atoms with Crippen LogP contribution in [0, 0.1) is 21.4 Å². The summed E-state index contributed by atoms with van der Waals surface area (Å²) in [7, 11) is 0. The molecule has 1 rings (SSSR count). The van der Waals surface area contributed by atoms with Crippen molar-refractivity contribution in [1.29, 1.82) is 5.26 Å². The molecule has 5 nitrogen and oxygen atoms in total.